The fourth-order valence-electron chi connectivity index (χ4n) is 3.17. The molecule has 7 nitrogen and oxygen atoms in total. The Kier molecular flexibility index (Phi) is 8.20. The molecule has 36 heavy (non-hydrogen) atoms. The lowest BCUT2D eigenvalue weighted by Crippen LogP contribution is -2.20. The number of thioether (sulfide) groups is 1. The molecule has 0 spiro atoms. The number of benzene rings is 3. The highest BCUT2D eigenvalue weighted by Gasteiger charge is 2.24. The summed E-state index contributed by atoms with van der Waals surface area (Å²) in [7, 11) is 1.50. The standard InChI is InChI=1S/C26H21Cl2N3O4S/c1-15-3-7-19(13-20(15)28)29-24(32)14-35-21-10-4-16(11-22(21)34-2)12-23-25(33)31-26(36-23)30-18-8-5-17(27)6-9-18/h3-13H,14H2,1-2H3,(H,29,32)(H,30,31,33)/b23-12-. The minimum absolute atomic E-state index is 0.217. The summed E-state index contributed by atoms with van der Waals surface area (Å²) in [6.45, 7) is 1.67. The van der Waals surface area contributed by atoms with Crippen molar-refractivity contribution in [1.82, 2.24) is 5.32 Å². The first-order chi connectivity index (χ1) is 17.3. The molecule has 2 amide bonds. The molecule has 0 unspecified atom stereocenters. The lowest BCUT2D eigenvalue weighted by molar-refractivity contribution is -0.118. The van der Waals surface area contributed by atoms with Gasteiger partial charge < -0.3 is 20.1 Å². The lowest BCUT2D eigenvalue weighted by Gasteiger charge is -2.12. The third-order valence-corrected chi connectivity index (χ3v) is 6.58. The molecule has 0 aromatic heterocycles. The number of carbonyl (C=O) groups excluding carboxylic acids is 2. The first kappa shape index (κ1) is 25.6. The van der Waals surface area contributed by atoms with Crippen molar-refractivity contribution in [3.63, 3.8) is 0 Å². The van der Waals surface area contributed by atoms with E-state index >= 15 is 0 Å². The molecule has 3 aromatic rings. The number of anilines is 1. The minimum Gasteiger partial charge on any atom is -0.493 e. The van der Waals surface area contributed by atoms with Crippen LogP contribution in [0.25, 0.3) is 6.08 Å². The van der Waals surface area contributed by atoms with Crippen molar-refractivity contribution in [3.05, 3.63) is 86.7 Å². The van der Waals surface area contributed by atoms with E-state index < -0.39 is 0 Å². The van der Waals surface area contributed by atoms with Crippen LogP contribution in [-0.2, 0) is 9.59 Å². The summed E-state index contributed by atoms with van der Waals surface area (Å²) in [6, 6.07) is 17.4. The van der Waals surface area contributed by atoms with E-state index in [1.807, 2.05) is 13.0 Å². The second-order valence-electron chi connectivity index (χ2n) is 7.67. The lowest BCUT2D eigenvalue weighted by atomic mass is 10.2. The first-order valence-corrected chi connectivity index (χ1v) is 12.3. The van der Waals surface area contributed by atoms with E-state index in [-0.39, 0.29) is 18.4 Å². The van der Waals surface area contributed by atoms with Crippen LogP contribution in [0.15, 0.2) is 70.6 Å². The molecule has 3 aromatic carbocycles. The van der Waals surface area contributed by atoms with Gasteiger partial charge in [0.25, 0.3) is 11.8 Å². The molecule has 0 radical (unpaired) electrons. The Balaban J connectivity index is 1.41. The van der Waals surface area contributed by atoms with Crippen LogP contribution in [0, 0.1) is 6.92 Å². The molecule has 0 atom stereocenters. The summed E-state index contributed by atoms with van der Waals surface area (Å²) in [4.78, 5) is 29.6. The summed E-state index contributed by atoms with van der Waals surface area (Å²) in [5, 5.41) is 7.15. The van der Waals surface area contributed by atoms with Gasteiger partial charge in [0.05, 0.1) is 17.7 Å². The topological polar surface area (TPSA) is 89.0 Å². The van der Waals surface area contributed by atoms with E-state index in [1.54, 1.807) is 60.7 Å². The monoisotopic (exact) mass is 541 g/mol. The molecule has 2 N–H and O–H groups in total. The number of carbonyl (C=O) groups is 2. The Hall–Kier alpha value is -3.46. The Bertz CT molecular complexity index is 1370. The van der Waals surface area contributed by atoms with Gasteiger partial charge in [-0.25, -0.2) is 4.99 Å². The molecule has 10 heteroatoms. The Morgan fingerprint density at radius 1 is 1.08 bits per heavy atom. The molecule has 0 bridgehead atoms. The highest BCUT2D eigenvalue weighted by atomic mass is 35.5. The third kappa shape index (κ3) is 6.60. The van der Waals surface area contributed by atoms with Crippen LogP contribution in [0.3, 0.4) is 0 Å². The van der Waals surface area contributed by atoms with E-state index in [2.05, 4.69) is 15.6 Å². The van der Waals surface area contributed by atoms with Gasteiger partial charge in [-0.1, -0.05) is 35.3 Å². The summed E-state index contributed by atoms with van der Waals surface area (Å²) in [6.07, 6.45) is 1.73. The average molecular weight is 542 g/mol. The van der Waals surface area contributed by atoms with Crippen molar-refractivity contribution in [3.8, 4) is 11.5 Å². The number of rotatable bonds is 7. The van der Waals surface area contributed by atoms with Gasteiger partial charge in [0.2, 0.25) is 0 Å². The van der Waals surface area contributed by atoms with E-state index in [0.29, 0.717) is 43.0 Å². The maximum Gasteiger partial charge on any atom is 0.264 e. The molecule has 4 rings (SSSR count). The van der Waals surface area contributed by atoms with Crippen LogP contribution in [0.5, 0.6) is 11.5 Å². The van der Waals surface area contributed by atoms with Crippen LogP contribution in [0.2, 0.25) is 10.0 Å². The summed E-state index contributed by atoms with van der Waals surface area (Å²) in [5.74, 6) is 0.230. The molecule has 1 aliphatic heterocycles. The molecule has 1 fully saturated rings. The van der Waals surface area contributed by atoms with Gasteiger partial charge in [0, 0.05) is 15.7 Å². The predicted molar refractivity (Wildman–Crippen MR) is 146 cm³/mol. The average Bonchev–Trinajstić information content (AvgIpc) is 3.20. The molecular formula is C26H21Cl2N3O4S. The third-order valence-electron chi connectivity index (χ3n) is 5.01. The number of hydrogen-bond acceptors (Lipinski definition) is 6. The molecule has 1 saturated heterocycles. The number of hydrogen-bond donors (Lipinski definition) is 2. The number of nitrogens with zero attached hydrogens (tertiary/aromatic N) is 1. The quantitative estimate of drug-likeness (QED) is 0.346. The van der Waals surface area contributed by atoms with Gasteiger partial charge in [0.1, 0.15) is 0 Å². The maximum atomic E-state index is 12.4. The first-order valence-electron chi connectivity index (χ1n) is 10.7. The summed E-state index contributed by atoms with van der Waals surface area (Å²) >= 11 is 13.2. The number of aliphatic imine (C=N–C) groups is 1. The number of nitrogens with one attached hydrogen (secondary N) is 2. The van der Waals surface area contributed by atoms with Gasteiger partial charge in [-0.15, -0.1) is 0 Å². The normalized spacial score (nSPS) is 15.2. The fraction of sp³-hybridized carbons (Fsp3) is 0.115. The van der Waals surface area contributed by atoms with Crippen molar-refractivity contribution in [1.29, 1.82) is 0 Å². The highest BCUT2D eigenvalue weighted by molar-refractivity contribution is 8.18. The molecule has 0 aliphatic carbocycles. The van der Waals surface area contributed by atoms with E-state index in [0.717, 1.165) is 11.1 Å². The molecule has 0 saturated carbocycles. The van der Waals surface area contributed by atoms with Crippen molar-refractivity contribution in [2.24, 2.45) is 4.99 Å². The zero-order chi connectivity index (χ0) is 25.7. The second-order valence-corrected chi connectivity index (χ2v) is 9.54. The van der Waals surface area contributed by atoms with Crippen molar-refractivity contribution < 1.29 is 19.1 Å². The molecule has 1 aliphatic rings. The van der Waals surface area contributed by atoms with Crippen LogP contribution >= 0.6 is 35.0 Å². The second kappa shape index (κ2) is 11.5. The minimum atomic E-state index is -0.338. The van der Waals surface area contributed by atoms with Gasteiger partial charge in [-0.05, 0) is 84.4 Å². The van der Waals surface area contributed by atoms with Crippen molar-refractivity contribution in [2.45, 2.75) is 6.92 Å². The van der Waals surface area contributed by atoms with E-state index in [1.165, 1.54) is 18.9 Å². The largest absolute Gasteiger partial charge is 0.493 e. The summed E-state index contributed by atoms with van der Waals surface area (Å²) < 4.78 is 11.1. The number of aryl methyl sites for hydroxylation is 1. The van der Waals surface area contributed by atoms with Crippen molar-refractivity contribution in [2.75, 3.05) is 19.0 Å². The molecule has 184 valence electrons. The fourth-order valence-corrected chi connectivity index (χ4v) is 4.32. The van der Waals surface area contributed by atoms with Gasteiger partial charge in [-0.3, -0.25) is 9.59 Å². The Labute approximate surface area is 222 Å². The summed E-state index contributed by atoms with van der Waals surface area (Å²) in [5.41, 5.74) is 2.91. The number of methoxy groups -OCH3 is 1. The number of halogens is 2. The van der Waals surface area contributed by atoms with Crippen LogP contribution in [-0.4, -0.2) is 30.7 Å². The maximum absolute atomic E-state index is 12.4. The van der Waals surface area contributed by atoms with Gasteiger partial charge >= 0.3 is 0 Å². The molecular weight excluding hydrogens is 521 g/mol. The van der Waals surface area contributed by atoms with Gasteiger partial charge in [-0.2, -0.15) is 0 Å². The zero-order valence-electron chi connectivity index (χ0n) is 19.3. The zero-order valence-corrected chi connectivity index (χ0v) is 21.6. The predicted octanol–water partition coefficient (Wildman–Crippen LogP) is 6.22. The van der Waals surface area contributed by atoms with Crippen LogP contribution < -0.4 is 20.1 Å². The number of amidine groups is 1. The van der Waals surface area contributed by atoms with Crippen molar-refractivity contribution >= 4 is 69.4 Å². The van der Waals surface area contributed by atoms with Crippen LogP contribution in [0.1, 0.15) is 11.1 Å². The van der Waals surface area contributed by atoms with Gasteiger partial charge in [0.15, 0.2) is 23.3 Å². The van der Waals surface area contributed by atoms with E-state index in [4.69, 9.17) is 32.7 Å². The van der Waals surface area contributed by atoms with Crippen LogP contribution in [0.4, 0.5) is 11.4 Å². The highest BCUT2D eigenvalue weighted by Crippen LogP contribution is 2.32. The SMILES string of the molecule is COc1cc(/C=C2\SC(=Nc3ccc(Cl)cc3)NC2=O)ccc1OCC(=O)Nc1ccc(C)c(Cl)c1. The molecule has 1 heterocycles. The van der Waals surface area contributed by atoms with E-state index in [9.17, 15) is 9.59 Å². The Morgan fingerprint density at radius 2 is 1.86 bits per heavy atom. The Morgan fingerprint density at radius 3 is 2.58 bits per heavy atom. The smallest absolute Gasteiger partial charge is 0.264 e. The number of ether oxygens (including phenoxy) is 2. The number of amides is 2.